The Morgan fingerprint density at radius 3 is 2.36 bits per heavy atom. The maximum Gasteiger partial charge on any atom is 0.252 e. The van der Waals surface area contributed by atoms with Crippen molar-refractivity contribution in [2.75, 3.05) is 6.54 Å². The second-order valence-corrected chi connectivity index (χ2v) is 4.53. The van der Waals surface area contributed by atoms with Crippen LogP contribution >= 0.6 is 0 Å². The summed E-state index contributed by atoms with van der Waals surface area (Å²) in [5.41, 5.74) is -0.628. The van der Waals surface area contributed by atoms with Crippen molar-refractivity contribution in [2.24, 2.45) is 5.92 Å². The van der Waals surface area contributed by atoms with Crippen LogP contribution < -0.4 is 5.32 Å². The summed E-state index contributed by atoms with van der Waals surface area (Å²) in [6.07, 6.45) is -1.09. The molecule has 5 heteroatoms. The standard InChI is InChI=1S/C9H15F2NO2/c1-8(10,11)7-6(14)5(13)4-12-9(7)2-3-9/h5-7,12-14H,2-4H2,1H3. The van der Waals surface area contributed by atoms with Gasteiger partial charge in [-0.2, -0.15) is 0 Å². The smallest absolute Gasteiger partial charge is 0.252 e. The number of aliphatic hydroxyl groups is 2. The number of piperidine rings is 1. The Hall–Kier alpha value is -0.260. The summed E-state index contributed by atoms with van der Waals surface area (Å²) in [5, 5.41) is 21.8. The van der Waals surface area contributed by atoms with Gasteiger partial charge in [0, 0.05) is 12.1 Å². The Morgan fingerprint density at radius 2 is 1.93 bits per heavy atom. The monoisotopic (exact) mass is 207 g/mol. The predicted octanol–water partition coefficient (Wildman–Crippen LogP) is 0.115. The fourth-order valence-electron chi connectivity index (χ4n) is 2.50. The molecule has 82 valence electrons. The molecule has 0 radical (unpaired) electrons. The SMILES string of the molecule is CC(F)(F)C1C(O)C(O)CNC12CC2. The molecule has 2 rings (SSSR count). The van der Waals surface area contributed by atoms with Gasteiger partial charge in [0.05, 0.1) is 18.1 Å². The molecule has 14 heavy (non-hydrogen) atoms. The number of alkyl halides is 2. The molecule has 3 unspecified atom stereocenters. The van der Waals surface area contributed by atoms with E-state index in [2.05, 4.69) is 5.32 Å². The summed E-state index contributed by atoms with van der Waals surface area (Å²) in [7, 11) is 0. The number of β-amino-alcohol motifs (C(OH)–C–C–N with tert-alkyl or cyclic N) is 1. The molecule has 1 spiro atoms. The zero-order chi connectivity index (χ0) is 10.6. The van der Waals surface area contributed by atoms with Crippen molar-refractivity contribution < 1.29 is 19.0 Å². The third-order valence-corrected chi connectivity index (χ3v) is 3.33. The number of nitrogens with one attached hydrogen (secondary N) is 1. The van der Waals surface area contributed by atoms with E-state index >= 15 is 0 Å². The third-order valence-electron chi connectivity index (χ3n) is 3.33. The van der Waals surface area contributed by atoms with Crippen molar-refractivity contribution >= 4 is 0 Å². The van der Waals surface area contributed by atoms with Crippen molar-refractivity contribution in [3.63, 3.8) is 0 Å². The molecule has 1 saturated heterocycles. The predicted molar refractivity (Wildman–Crippen MR) is 46.1 cm³/mol. The van der Waals surface area contributed by atoms with Gasteiger partial charge in [0.15, 0.2) is 0 Å². The first-order valence-electron chi connectivity index (χ1n) is 4.86. The highest BCUT2D eigenvalue weighted by atomic mass is 19.3. The van der Waals surface area contributed by atoms with Crippen molar-refractivity contribution in [3.8, 4) is 0 Å². The van der Waals surface area contributed by atoms with E-state index < -0.39 is 29.6 Å². The van der Waals surface area contributed by atoms with Crippen molar-refractivity contribution in [2.45, 2.75) is 43.4 Å². The van der Waals surface area contributed by atoms with Crippen LogP contribution in [0.25, 0.3) is 0 Å². The Labute approximate surface area is 81.1 Å². The van der Waals surface area contributed by atoms with E-state index in [1.807, 2.05) is 0 Å². The summed E-state index contributed by atoms with van der Waals surface area (Å²) in [4.78, 5) is 0. The van der Waals surface area contributed by atoms with E-state index in [9.17, 15) is 19.0 Å². The van der Waals surface area contributed by atoms with Crippen LogP contribution in [0.3, 0.4) is 0 Å². The Morgan fingerprint density at radius 1 is 1.36 bits per heavy atom. The Balaban J connectivity index is 2.23. The van der Waals surface area contributed by atoms with Gasteiger partial charge in [-0.25, -0.2) is 8.78 Å². The van der Waals surface area contributed by atoms with E-state index in [1.165, 1.54) is 0 Å². The van der Waals surface area contributed by atoms with Crippen LogP contribution in [0, 0.1) is 5.92 Å². The lowest BCUT2D eigenvalue weighted by Gasteiger charge is -2.42. The molecule has 3 atom stereocenters. The zero-order valence-electron chi connectivity index (χ0n) is 8.00. The minimum atomic E-state index is -2.95. The Kier molecular flexibility index (Phi) is 2.10. The minimum absolute atomic E-state index is 0.202. The molecular weight excluding hydrogens is 192 g/mol. The molecule has 0 aromatic rings. The van der Waals surface area contributed by atoms with Gasteiger partial charge >= 0.3 is 0 Å². The van der Waals surface area contributed by atoms with Crippen LogP contribution in [-0.2, 0) is 0 Å². The summed E-state index contributed by atoms with van der Waals surface area (Å²) in [6, 6.07) is 0. The fraction of sp³-hybridized carbons (Fsp3) is 1.00. The number of halogens is 2. The molecular formula is C9H15F2NO2. The maximum atomic E-state index is 13.3. The van der Waals surface area contributed by atoms with E-state index in [0.29, 0.717) is 12.8 Å². The molecule has 2 aliphatic rings. The quantitative estimate of drug-likeness (QED) is 0.572. The first-order valence-corrected chi connectivity index (χ1v) is 4.86. The molecule has 3 nitrogen and oxygen atoms in total. The van der Waals surface area contributed by atoms with Crippen molar-refractivity contribution in [3.05, 3.63) is 0 Å². The van der Waals surface area contributed by atoms with E-state index in [4.69, 9.17) is 0 Å². The third kappa shape index (κ3) is 1.43. The molecule has 0 aromatic heterocycles. The van der Waals surface area contributed by atoms with E-state index in [0.717, 1.165) is 6.92 Å². The summed E-state index contributed by atoms with van der Waals surface area (Å²) >= 11 is 0. The van der Waals surface area contributed by atoms with Crippen molar-refractivity contribution in [1.82, 2.24) is 5.32 Å². The first kappa shape index (κ1) is 10.3. The molecule has 1 aliphatic carbocycles. The van der Waals surface area contributed by atoms with Crippen LogP contribution in [0.2, 0.25) is 0 Å². The normalized spacial score (nSPS) is 41.4. The highest BCUT2D eigenvalue weighted by molar-refractivity contribution is 5.15. The summed E-state index contributed by atoms with van der Waals surface area (Å²) < 4.78 is 26.5. The molecule has 1 aliphatic heterocycles. The number of hydrogen-bond donors (Lipinski definition) is 3. The highest BCUT2D eigenvalue weighted by Crippen LogP contribution is 2.52. The van der Waals surface area contributed by atoms with Gasteiger partial charge < -0.3 is 15.5 Å². The van der Waals surface area contributed by atoms with Crippen LogP contribution in [0.15, 0.2) is 0 Å². The lowest BCUT2D eigenvalue weighted by molar-refractivity contribution is -0.155. The summed E-state index contributed by atoms with van der Waals surface area (Å²) in [5.74, 6) is -4.12. The van der Waals surface area contributed by atoms with Gasteiger partial charge in [-0.1, -0.05) is 0 Å². The van der Waals surface area contributed by atoms with Gasteiger partial charge in [0.1, 0.15) is 0 Å². The van der Waals surface area contributed by atoms with Gasteiger partial charge in [-0.15, -0.1) is 0 Å². The second-order valence-electron chi connectivity index (χ2n) is 4.53. The molecule has 0 aromatic carbocycles. The van der Waals surface area contributed by atoms with Gasteiger partial charge in [-0.3, -0.25) is 0 Å². The van der Waals surface area contributed by atoms with Gasteiger partial charge in [0.25, 0.3) is 5.92 Å². The molecule has 0 bridgehead atoms. The number of rotatable bonds is 1. The topological polar surface area (TPSA) is 52.5 Å². The molecule has 1 heterocycles. The average Bonchev–Trinajstić information content (AvgIpc) is 2.77. The van der Waals surface area contributed by atoms with Crippen molar-refractivity contribution in [1.29, 1.82) is 0 Å². The van der Waals surface area contributed by atoms with Crippen LogP contribution in [0.4, 0.5) is 8.78 Å². The van der Waals surface area contributed by atoms with Gasteiger partial charge in [0.2, 0.25) is 0 Å². The first-order chi connectivity index (χ1) is 6.37. The number of aliphatic hydroxyl groups excluding tert-OH is 2. The average molecular weight is 207 g/mol. The minimum Gasteiger partial charge on any atom is -0.390 e. The van der Waals surface area contributed by atoms with E-state index in [-0.39, 0.29) is 6.54 Å². The Bertz CT molecular complexity index is 237. The van der Waals surface area contributed by atoms with Crippen LogP contribution in [0.1, 0.15) is 19.8 Å². The molecule has 1 saturated carbocycles. The van der Waals surface area contributed by atoms with E-state index in [1.54, 1.807) is 0 Å². The molecule has 0 amide bonds. The lowest BCUT2D eigenvalue weighted by atomic mass is 9.80. The van der Waals surface area contributed by atoms with Crippen LogP contribution in [0.5, 0.6) is 0 Å². The van der Waals surface area contributed by atoms with Gasteiger partial charge in [-0.05, 0) is 19.8 Å². The largest absolute Gasteiger partial charge is 0.390 e. The number of hydrogen-bond acceptors (Lipinski definition) is 3. The molecule has 3 N–H and O–H groups in total. The zero-order valence-corrected chi connectivity index (χ0v) is 8.00. The maximum absolute atomic E-state index is 13.3. The fourth-order valence-corrected chi connectivity index (χ4v) is 2.50. The summed E-state index contributed by atoms with van der Waals surface area (Å²) in [6.45, 7) is 1.01. The second kappa shape index (κ2) is 2.87. The highest BCUT2D eigenvalue weighted by Gasteiger charge is 2.63. The van der Waals surface area contributed by atoms with Crippen LogP contribution in [-0.4, -0.2) is 40.4 Å². The molecule has 2 fully saturated rings. The lowest BCUT2D eigenvalue weighted by Crippen LogP contribution is -2.62.